The summed E-state index contributed by atoms with van der Waals surface area (Å²) in [6, 6.07) is 0. The Hall–Kier alpha value is -1.05. The van der Waals surface area contributed by atoms with Gasteiger partial charge in [0, 0.05) is 45.3 Å². The third kappa shape index (κ3) is 4.32. The molecule has 0 saturated carbocycles. The molecule has 3 N–H and O–H groups in total. The number of carbonyl (C=O) groups is 2. The van der Waals surface area contributed by atoms with E-state index in [-0.39, 0.29) is 11.8 Å². The Balaban J connectivity index is 1.64. The second-order valence-corrected chi connectivity index (χ2v) is 5.25. The third-order valence-electron chi connectivity index (χ3n) is 2.82. The average molecular weight is 270 g/mol. The van der Waals surface area contributed by atoms with Gasteiger partial charge in [-0.05, 0) is 0 Å². The van der Waals surface area contributed by atoms with E-state index in [0.717, 1.165) is 32.7 Å². The van der Waals surface area contributed by atoms with E-state index in [0.29, 0.717) is 17.3 Å². The molecule has 2 saturated heterocycles. The van der Waals surface area contributed by atoms with Gasteiger partial charge in [-0.25, -0.2) is 0 Å². The summed E-state index contributed by atoms with van der Waals surface area (Å²) in [5.41, 5.74) is 0. The van der Waals surface area contributed by atoms with E-state index in [9.17, 15) is 9.59 Å². The molecular weight excluding hydrogens is 252 g/mol. The maximum Gasteiger partial charge on any atom is 0.246 e. The fourth-order valence-corrected chi connectivity index (χ4v) is 2.61. The van der Waals surface area contributed by atoms with Crippen LogP contribution in [0.1, 0.15) is 0 Å². The van der Waals surface area contributed by atoms with Crippen LogP contribution in [-0.4, -0.2) is 61.7 Å². The second kappa shape index (κ2) is 6.77. The van der Waals surface area contributed by atoms with Crippen molar-refractivity contribution in [3.63, 3.8) is 0 Å². The van der Waals surface area contributed by atoms with Crippen molar-refractivity contribution in [2.24, 2.45) is 0 Å². The van der Waals surface area contributed by atoms with E-state index in [4.69, 9.17) is 0 Å². The fourth-order valence-electron chi connectivity index (χ4n) is 1.87. The van der Waals surface area contributed by atoms with Crippen molar-refractivity contribution in [3.05, 3.63) is 11.1 Å². The molecule has 2 aliphatic rings. The van der Waals surface area contributed by atoms with E-state index in [1.165, 1.54) is 17.8 Å². The number of amides is 2. The summed E-state index contributed by atoms with van der Waals surface area (Å²) in [4.78, 5) is 24.8. The molecule has 0 aromatic rings. The third-order valence-corrected chi connectivity index (χ3v) is 3.76. The van der Waals surface area contributed by atoms with E-state index >= 15 is 0 Å². The molecule has 0 aromatic carbocycles. The molecule has 0 bridgehead atoms. The minimum absolute atomic E-state index is 0.0418. The van der Waals surface area contributed by atoms with Gasteiger partial charge in [0.1, 0.15) is 0 Å². The van der Waals surface area contributed by atoms with E-state index < -0.39 is 0 Å². The Morgan fingerprint density at radius 2 is 2.22 bits per heavy atom. The highest BCUT2D eigenvalue weighted by molar-refractivity contribution is 8.04. The van der Waals surface area contributed by atoms with Gasteiger partial charge in [-0.15, -0.1) is 0 Å². The van der Waals surface area contributed by atoms with Crippen molar-refractivity contribution >= 4 is 23.6 Å². The number of rotatable bonds is 4. The first-order valence-corrected chi connectivity index (χ1v) is 7.08. The summed E-state index contributed by atoms with van der Waals surface area (Å²) in [6.07, 6.45) is 1.45. The van der Waals surface area contributed by atoms with Crippen LogP contribution >= 0.6 is 11.8 Å². The number of thioether (sulfide) groups is 1. The molecule has 2 heterocycles. The maximum absolute atomic E-state index is 11.6. The first-order valence-electron chi connectivity index (χ1n) is 6.09. The molecule has 0 aliphatic carbocycles. The van der Waals surface area contributed by atoms with Crippen molar-refractivity contribution in [1.29, 1.82) is 0 Å². The van der Waals surface area contributed by atoms with Crippen LogP contribution in [-0.2, 0) is 9.59 Å². The zero-order valence-electron chi connectivity index (χ0n) is 10.2. The van der Waals surface area contributed by atoms with Crippen LogP contribution in [0, 0.1) is 0 Å². The van der Waals surface area contributed by atoms with Crippen LogP contribution in [0.25, 0.3) is 0 Å². The van der Waals surface area contributed by atoms with Crippen LogP contribution in [0.3, 0.4) is 0 Å². The van der Waals surface area contributed by atoms with E-state index in [1.807, 2.05) is 0 Å². The Morgan fingerprint density at radius 3 is 2.89 bits per heavy atom. The van der Waals surface area contributed by atoms with Gasteiger partial charge in [-0.2, -0.15) is 0 Å². The molecule has 0 atom stereocenters. The highest BCUT2D eigenvalue weighted by Gasteiger charge is 2.16. The van der Waals surface area contributed by atoms with Crippen LogP contribution in [0.5, 0.6) is 0 Å². The lowest BCUT2D eigenvalue weighted by Gasteiger charge is -2.26. The minimum atomic E-state index is -0.144. The minimum Gasteiger partial charge on any atom is -0.351 e. The monoisotopic (exact) mass is 270 g/mol. The van der Waals surface area contributed by atoms with Crippen molar-refractivity contribution in [2.75, 3.05) is 45.0 Å². The first kappa shape index (κ1) is 13.4. The quantitative estimate of drug-likeness (QED) is 0.555. The molecular formula is C11H18N4O2S. The molecule has 2 amide bonds. The Bertz CT molecular complexity index is 353. The molecule has 7 heteroatoms. The highest BCUT2D eigenvalue weighted by Crippen LogP contribution is 2.17. The molecule has 0 radical (unpaired) electrons. The summed E-state index contributed by atoms with van der Waals surface area (Å²) in [6.45, 7) is 5.60. The largest absolute Gasteiger partial charge is 0.351 e. The van der Waals surface area contributed by atoms with Gasteiger partial charge < -0.3 is 16.0 Å². The number of hydrogen-bond donors (Lipinski definition) is 3. The molecule has 6 nitrogen and oxygen atoms in total. The first-order chi connectivity index (χ1) is 8.74. The van der Waals surface area contributed by atoms with Crippen LogP contribution in [0.4, 0.5) is 0 Å². The molecule has 0 aromatic heterocycles. The van der Waals surface area contributed by atoms with Gasteiger partial charge in [0.2, 0.25) is 11.8 Å². The summed E-state index contributed by atoms with van der Waals surface area (Å²) < 4.78 is 0. The second-order valence-electron chi connectivity index (χ2n) is 4.23. The van der Waals surface area contributed by atoms with Gasteiger partial charge in [0.15, 0.2) is 0 Å². The summed E-state index contributed by atoms with van der Waals surface area (Å²) in [5.74, 6) is 0.217. The molecule has 18 heavy (non-hydrogen) atoms. The molecule has 2 rings (SSSR count). The van der Waals surface area contributed by atoms with Crippen molar-refractivity contribution in [3.8, 4) is 0 Å². The SMILES string of the molecule is O=C(/C=C1/NC(=O)CS1)NCCN1CCNCC1. The Labute approximate surface area is 111 Å². The normalized spacial score (nSPS) is 23.1. The van der Waals surface area contributed by atoms with Gasteiger partial charge in [-0.1, -0.05) is 11.8 Å². The number of hydrogen-bond acceptors (Lipinski definition) is 5. The summed E-state index contributed by atoms with van der Waals surface area (Å²) in [7, 11) is 0. The highest BCUT2D eigenvalue weighted by atomic mass is 32.2. The number of carbonyl (C=O) groups excluding carboxylic acids is 2. The lowest BCUT2D eigenvalue weighted by Crippen LogP contribution is -2.46. The zero-order chi connectivity index (χ0) is 12.8. The predicted octanol–water partition coefficient (Wildman–Crippen LogP) is -1.29. The van der Waals surface area contributed by atoms with Gasteiger partial charge >= 0.3 is 0 Å². The van der Waals surface area contributed by atoms with E-state index in [1.54, 1.807) is 0 Å². The zero-order valence-corrected chi connectivity index (χ0v) is 11.0. The lowest BCUT2D eigenvalue weighted by atomic mass is 10.3. The van der Waals surface area contributed by atoms with Gasteiger partial charge in [0.05, 0.1) is 10.8 Å². The summed E-state index contributed by atoms with van der Waals surface area (Å²) in [5, 5.41) is 9.38. The molecule has 0 spiro atoms. The fraction of sp³-hybridized carbons (Fsp3) is 0.636. The lowest BCUT2D eigenvalue weighted by molar-refractivity contribution is -0.117. The maximum atomic E-state index is 11.6. The molecule has 2 fully saturated rings. The van der Waals surface area contributed by atoms with Gasteiger partial charge in [-0.3, -0.25) is 14.5 Å². The Morgan fingerprint density at radius 1 is 1.44 bits per heavy atom. The van der Waals surface area contributed by atoms with Crippen LogP contribution in [0.15, 0.2) is 11.1 Å². The van der Waals surface area contributed by atoms with Crippen LogP contribution < -0.4 is 16.0 Å². The molecule has 100 valence electrons. The molecule has 2 aliphatic heterocycles. The topological polar surface area (TPSA) is 73.5 Å². The number of piperazine rings is 1. The average Bonchev–Trinajstić information content (AvgIpc) is 2.76. The summed E-state index contributed by atoms with van der Waals surface area (Å²) >= 11 is 1.36. The number of nitrogens with one attached hydrogen (secondary N) is 3. The van der Waals surface area contributed by atoms with Gasteiger partial charge in [0.25, 0.3) is 0 Å². The van der Waals surface area contributed by atoms with Crippen molar-refractivity contribution < 1.29 is 9.59 Å². The van der Waals surface area contributed by atoms with Crippen LogP contribution in [0.2, 0.25) is 0 Å². The smallest absolute Gasteiger partial charge is 0.246 e. The molecule has 0 unspecified atom stereocenters. The van der Waals surface area contributed by atoms with Crippen molar-refractivity contribution in [2.45, 2.75) is 0 Å². The van der Waals surface area contributed by atoms with E-state index in [2.05, 4.69) is 20.9 Å². The predicted molar refractivity (Wildman–Crippen MR) is 71.0 cm³/mol. The van der Waals surface area contributed by atoms with Crippen molar-refractivity contribution in [1.82, 2.24) is 20.9 Å². The number of nitrogens with zero attached hydrogens (tertiary/aromatic N) is 1. The standard InChI is InChI=1S/C11H18N4O2S/c16-9(7-11-14-10(17)8-18-11)13-3-6-15-4-1-12-2-5-15/h7,12H,1-6,8H2,(H,13,16)(H,14,17)/b11-7-. The Kier molecular flexibility index (Phi) is 5.03.